The van der Waals surface area contributed by atoms with Crippen molar-refractivity contribution in [1.29, 1.82) is 0 Å². The number of aromatic nitrogens is 3. The maximum Gasteiger partial charge on any atom is 0.234 e. The summed E-state index contributed by atoms with van der Waals surface area (Å²) < 4.78 is 1.75. The minimum absolute atomic E-state index is 0.238. The molecule has 2 aromatic heterocycles. The van der Waals surface area contributed by atoms with Crippen molar-refractivity contribution in [1.82, 2.24) is 19.7 Å². The molecule has 0 aromatic carbocycles. The van der Waals surface area contributed by atoms with Crippen molar-refractivity contribution in [2.24, 2.45) is 12.5 Å². The number of pyridine rings is 1. The molecule has 2 aliphatic heterocycles. The van der Waals surface area contributed by atoms with E-state index in [1.54, 1.807) is 10.9 Å². The molecule has 25 heavy (non-hydrogen) atoms. The number of hydrogen-bond acceptors (Lipinski definition) is 4. The first-order valence-electron chi connectivity index (χ1n) is 9.01. The molecule has 0 N–H and O–H groups in total. The summed E-state index contributed by atoms with van der Waals surface area (Å²) in [6.07, 6.45) is 6.69. The highest BCUT2D eigenvalue weighted by atomic mass is 16.2. The predicted molar refractivity (Wildman–Crippen MR) is 96.1 cm³/mol. The average Bonchev–Trinajstić information content (AvgIpc) is 3.13. The highest BCUT2D eigenvalue weighted by Crippen LogP contribution is 2.42. The number of anilines is 1. The molecule has 2 saturated heterocycles. The molecule has 1 atom stereocenters. The third-order valence-electron chi connectivity index (χ3n) is 5.50. The number of hydrogen-bond donors (Lipinski definition) is 0. The van der Waals surface area contributed by atoms with Gasteiger partial charge in [0.05, 0.1) is 23.0 Å². The second-order valence-electron chi connectivity index (χ2n) is 7.44. The number of carbonyl (C=O) groups is 1. The lowest BCUT2D eigenvalue weighted by atomic mass is 9.78. The summed E-state index contributed by atoms with van der Waals surface area (Å²) >= 11 is 0. The Morgan fingerprint density at radius 1 is 1.24 bits per heavy atom. The van der Waals surface area contributed by atoms with Crippen molar-refractivity contribution in [3.8, 4) is 0 Å². The van der Waals surface area contributed by atoms with Gasteiger partial charge in [-0.05, 0) is 44.9 Å². The molecule has 0 radical (unpaired) electrons. The highest BCUT2D eigenvalue weighted by molar-refractivity contribution is 6.00. The van der Waals surface area contributed by atoms with Gasteiger partial charge in [0, 0.05) is 38.6 Å². The predicted octanol–water partition coefficient (Wildman–Crippen LogP) is 2.14. The van der Waals surface area contributed by atoms with Crippen molar-refractivity contribution in [3.63, 3.8) is 0 Å². The number of amides is 1. The van der Waals surface area contributed by atoms with Crippen molar-refractivity contribution in [2.45, 2.75) is 32.7 Å². The third-order valence-corrected chi connectivity index (χ3v) is 5.50. The Morgan fingerprint density at radius 2 is 2.12 bits per heavy atom. The molecule has 0 saturated carbocycles. The first kappa shape index (κ1) is 16.3. The first-order chi connectivity index (χ1) is 12.1. The number of nitrogens with zero attached hydrogens (tertiary/aromatic N) is 5. The minimum Gasteiger partial charge on any atom is -0.309 e. The van der Waals surface area contributed by atoms with Crippen LogP contribution in [0.4, 0.5) is 5.69 Å². The lowest BCUT2D eigenvalue weighted by molar-refractivity contribution is -0.128. The molecular formula is C19H25N5O. The Labute approximate surface area is 148 Å². The van der Waals surface area contributed by atoms with Crippen LogP contribution in [0.25, 0.3) is 0 Å². The van der Waals surface area contributed by atoms with E-state index in [9.17, 15) is 4.79 Å². The number of aryl methyl sites for hydroxylation is 2. The largest absolute Gasteiger partial charge is 0.309 e. The average molecular weight is 339 g/mol. The second-order valence-corrected chi connectivity index (χ2v) is 7.44. The van der Waals surface area contributed by atoms with E-state index < -0.39 is 0 Å². The van der Waals surface area contributed by atoms with E-state index >= 15 is 0 Å². The zero-order valence-corrected chi connectivity index (χ0v) is 15.0. The van der Waals surface area contributed by atoms with Crippen LogP contribution >= 0.6 is 0 Å². The van der Waals surface area contributed by atoms with Crippen LogP contribution in [-0.2, 0) is 18.4 Å². The van der Waals surface area contributed by atoms with Gasteiger partial charge in [-0.3, -0.25) is 19.4 Å². The van der Waals surface area contributed by atoms with Gasteiger partial charge >= 0.3 is 0 Å². The fourth-order valence-corrected chi connectivity index (χ4v) is 4.27. The van der Waals surface area contributed by atoms with Crippen LogP contribution < -0.4 is 4.90 Å². The van der Waals surface area contributed by atoms with Gasteiger partial charge in [-0.1, -0.05) is 6.07 Å². The Kier molecular flexibility index (Phi) is 4.07. The van der Waals surface area contributed by atoms with Crippen molar-refractivity contribution >= 4 is 11.6 Å². The quantitative estimate of drug-likeness (QED) is 0.860. The van der Waals surface area contributed by atoms with Gasteiger partial charge in [-0.2, -0.15) is 5.10 Å². The number of carbonyl (C=O) groups excluding carboxylic acids is 1. The summed E-state index contributed by atoms with van der Waals surface area (Å²) in [4.78, 5) is 22.1. The fraction of sp³-hybridized carbons (Fsp3) is 0.526. The number of piperidine rings is 1. The van der Waals surface area contributed by atoms with Crippen molar-refractivity contribution in [3.05, 3.63) is 42.0 Å². The molecule has 2 fully saturated rings. The van der Waals surface area contributed by atoms with E-state index in [0.29, 0.717) is 0 Å². The minimum atomic E-state index is -0.238. The monoisotopic (exact) mass is 339 g/mol. The van der Waals surface area contributed by atoms with Gasteiger partial charge in [0.25, 0.3) is 0 Å². The maximum absolute atomic E-state index is 13.2. The van der Waals surface area contributed by atoms with Crippen LogP contribution in [0, 0.1) is 12.3 Å². The number of rotatable bonds is 3. The summed E-state index contributed by atoms with van der Waals surface area (Å²) in [5, 5.41) is 4.21. The molecular weight excluding hydrogens is 314 g/mol. The van der Waals surface area contributed by atoms with Crippen molar-refractivity contribution < 1.29 is 4.79 Å². The summed E-state index contributed by atoms with van der Waals surface area (Å²) in [6.45, 7) is 5.51. The summed E-state index contributed by atoms with van der Waals surface area (Å²) in [7, 11) is 1.89. The Balaban J connectivity index is 1.49. The molecule has 2 aliphatic rings. The van der Waals surface area contributed by atoms with Crippen LogP contribution in [-0.4, -0.2) is 45.2 Å². The van der Waals surface area contributed by atoms with Crippen molar-refractivity contribution in [2.75, 3.05) is 24.5 Å². The van der Waals surface area contributed by atoms with E-state index in [1.807, 2.05) is 31.1 Å². The van der Waals surface area contributed by atoms with E-state index in [4.69, 9.17) is 0 Å². The summed E-state index contributed by atoms with van der Waals surface area (Å²) in [5.74, 6) is 0.266. The van der Waals surface area contributed by atoms with Crippen LogP contribution in [0.1, 0.15) is 30.7 Å². The molecule has 1 spiro atoms. The van der Waals surface area contributed by atoms with Gasteiger partial charge in [0.2, 0.25) is 5.91 Å². The Hall–Kier alpha value is -2.21. The van der Waals surface area contributed by atoms with Gasteiger partial charge in [-0.25, -0.2) is 0 Å². The molecule has 2 aromatic rings. The van der Waals surface area contributed by atoms with Crippen LogP contribution in [0.2, 0.25) is 0 Å². The smallest absolute Gasteiger partial charge is 0.234 e. The SMILES string of the molecule is Cc1cccc(CN2CCCC3(CCN(c4cnn(C)c4)C3=O)C2)n1. The zero-order chi connectivity index (χ0) is 17.4. The molecule has 0 aliphatic carbocycles. The van der Waals surface area contributed by atoms with Gasteiger partial charge in [0.1, 0.15) is 0 Å². The lowest BCUT2D eigenvalue weighted by Gasteiger charge is -2.38. The fourth-order valence-electron chi connectivity index (χ4n) is 4.27. The zero-order valence-electron chi connectivity index (χ0n) is 15.0. The van der Waals surface area contributed by atoms with E-state index in [1.165, 1.54) is 0 Å². The summed E-state index contributed by atoms with van der Waals surface area (Å²) in [5.41, 5.74) is 2.81. The Bertz CT molecular complexity index is 786. The van der Waals surface area contributed by atoms with Gasteiger partial charge in [0.15, 0.2) is 0 Å². The molecule has 1 amide bonds. The van der Waals surface area contributed by atoms with Gasteiger partial charge < -0.3 is 4.90 Å². The molecule has 0 bridgehead atoms. The van der Waals surface area contributed by atoms with Crippen LogP contribution in [0.3, 0.4) is 0 Å². The maximum atomic E-state index is 13.2. The van der Waals surface area contributed by atoms with E-state index in [2.05, 4.69) is 27.1 Å². The summed E-state index contributed by atoms with van der Waals surface area (Å²) in [6, 6.07) is 6.16. The standard InChI is InChI=1S/C19H25N5O/c1-15-5-3-6-16(21-15)12-23-9-4-7-19(14-23)8-10-24(18(19)25)17-11-20-22(2)13-17/h3,5-6,11,13H,4,7-10,12,14H2,1-2H3. The molecule has 6 heteroatoms. The lowest BCUT2D eigenvalue weighted by Crippen LogP contribution is -2.47. The normalized spacial score (nSPS) is 24.4. The molecule has 1 unspecified atom stereocenters. The van der Waals surface area contributed by atoms with E-state index in [-0.39, 0.29) is 11.3 Å². The molecule has 6 nitrogen and oxygen atoms in total. The highest BCUT2D eigenvalue weighted by Gasteiger charge is 2.49. The Morgan fingerprint density at radius 3 is 2.88 bits per heavy atom. The number of likely N-dealkylation sites (tertiary alicyclic amines) is 1. The topological polar surface area (TPSA) is 54.3 Å². The van der Waals surface area contributed by atoms with Crippen LogP contribution in [0.5, 0.6) is 0 Å². The first-order valence-corrected chi connectivity index (χ1v) is 9.01. The van der Waals surface area contributed by atoms with Gasteiger partial charge in [-0.15, -0.1) is 0 Å². The third kappa shape index (κ3) is 3.06. The molecule has 4 rings (SSSR count). The molecule has 4 heterocycles. The molecule has 132 valence electrons. The van der Waals surface area contributed by atoms with Crippen LogP contribution in [0.15, 0.2) is 30.6 Å². The van der Waals surface area contributed by atoms with E-state index in [0.717, 1.165) is 62.5 Å². The second kappa shape index (κ2) is 6.26.